The number of nitrogens with one attached hydrogen (secondary N) is 2. The summed E-state index contributed by atoms with van der Waals surface area (Å²) in [6, 6.07) is 16.4. The highest BCUT2D eigenvalue weighted by Crippen LogP contribution is 2.14. The van der Waals surface area contributed by atoms with E-state index in [1.807, 2.05) is 36.4 Å². The van der Waals surface area contributed by atoms with E-state index in [1.165, 1.54) is 0 Å². The van der Waals surface area contributed by atoms with Crippen LogP contribution in [0.4, 0.5) is 0 Å². The molecule has 0 aliphatic heterocycles. The van der Waals surface area contributed by atoms with Crippen LogP contribution in [0.3, 0.4) is 0 Å². The van der Waals surface area contributed by atoms with Crippen LogP contribution in [-0.4, -0.2) is 26.8 Å². The summed E-state index contributed by atoms with van der Waals surface area (Å²) in [5.41, 5.74) is 8.39. The molecule has 4 aromatic rings. The topological polar surface area (TPSA) is 102 Å². The van der Waals surface area contributed by atoms with E-state index in [-0.39, 0.29) is 0 Å². The molecule has 146 valence electrons. The minimum Gasteiger partial charge on any atom is -0.466 e. The molecule has 0 aliphatic carbocycles. The maximum atomic E-state index is 12.3. The third kappa shape index (κ3) is 3.86. The zero-order valence-electron chi connectivity index (χ0n) is 16.0. The Morgan fingerprint density at radius 3 is 2.45 bits per heavy atom. The minimum absolute atomic E-state index is 0.387. The van der Waals surface area contributed by atoms with Crippen molar-refractivity contribution in [3.63, 3.8) is 0 Å². The number of carbonyl (C=O) groups is 2. The fourth-order valence-corrected chi connectivity index (χ4v) is 3.08. The monoisotopic (exact) mass is 389 g/mol. The molecule has 0 fully saturated rings. The molecule has 2 aromatic heterocycles. The molecule has 2 N–H and O–H groups in total. The molecule has 8 nitrogen and oxygen atoms in total. The van der Waals surface area contributed by atoms with Crippen LogP contribution in [0.2, 0.25) is 0 Å². The van der Waals surface area contributed by atoms with Crippen LogP contribution in [0, 0.1) is 13.8 Å². The van der Waals surface area contributed by atoms with Gasteiger partial charge in [0.05, 0.1) is 17.6 Å². The van der Waals surface area contributed by atoms with Gasteiger partial charge in [-0.05, 0) is 49.7 Å². The number of hydrogen-bond donors (Lipinski definition) is 2. The maximum absolute atomic E-state index is 12.3. The summed E-state index contributed by atoms with van der Waals surface area (Å²) in [7, 11) is 0. The highest BCUT2D eigenvalue weighted by Gasteiger charge is 2.14. The van der Waals surface area contributed by atoms with Crippen LogP contribution in [0.25, 0.3) is 11.0 Å². The summed E-state index contributed by atoms with van der Waals surface area (Å²) < 4.78 is 7.13. The molecule has 0 saturated carbocycles. The molecule has 0 atom stereocenters. The zero-order chi connectivity index (χ0) is 20.4. The predicted octanol–water partition coefficient (Wildman–Crippen LogP) is 2.76. The number of benzene rings is 2. The zero-order valence-corrected chi connectivity index (χ0v) is 16.0. The van der Waals surface area contributed by atoms with E-state index < -0.39 is 11.8 Å². The fourth-order valence-electron chi connectivity index (χ4n) is 3.08. The summed E-state index contributed by atoms with van der Waals surface area (Å²) in [6.45, 7) is 3.99. The number of furan rings is 1. The molecule has 4 rings (SSSR count). The Bertz CT molecular complexity index is 1190. The highest BCUT2D eigenvalue weighted by molar-refractivity contribution is 5.99. The Labute approximate surface area is 166 Å². The normalized spacial score (nSPS) is 10.8. The van der Waals surface area contributed by atoms with Crippen molar-refractivity contribution >= 4 is 22.8 Å². The molecule has 0 bridgehead atoms. The number of aromatic nitrogens is 3. The molecule has 29 heavy (non-hydrogen) atoms. The largest absolute Gasteiger partial charge is 0.466 e. The molecule has 0 unspecified atom stereocenters. The fraction of sp³-hybridized carbons (Fsp3) is 0.143. The van der Waals surface area contributed by atoms with Gasteiger partial charge in [-0.25, -0.2) is 4.68 Å². The standard InChI is InChI=1S/C21H19N5O3/c1-13-11-17(14(2)29-13)21(28)24-23-20(27)16-9-7-15(8-10-16)12-26-19-6-4-3-5-18(19)22-25-26/h3-11H,12H2,1-2H3,(H,23,27)(H,24,28). The number of hydrazine groups is 1. The Balaban J connectivity index is 1.39. The van der Waals surface area contributed by atoms with Crippen molar-refractivity contribution in [3.05, 3.63) is 82.8 Å². The molecule has 2 aromatic carbocycles. The van der Waals surface area contributed by atoms with E-state index in [2.05, 4.69) is 21.2 Å². The summed E-state index contributed by atoms with van der Waals surface area (Å²) in [6.07, 6.45) is 0. The van der Waals surface area contributed by atoms with Crippen LogP contribution >= 0.6 is 0 Å². The maximum Gasteiger partial charge on any atom is 0.273 e. The number of fused-ring (bicyclic) bond motifs is 1. The van der Waals surface area contributed by atoms with Gasteiger partial charge in [0, 0.05) is 5.56 Å². The van der Waals surface area contributed by atoms with Crippen LogP contribution in [0.1, 0.15) is 37.8 Å². The van der Waals surface area contributed by atoms with Crippen molar-refractivity contribution in [3.8, 4) is 0 Å². The molecular weight excluding hydrogens is 370 g/mol. The average Bonchev–Trinajstić information content (AvgIpc) is 3.29. The number of amides is 2. The molecule has 2 heterocycles. The van der Waals surface area contributed by atoms with E-state index in [0.717, 1.165) is 16.6 Å². The second-order valence-electron chi connectivity index (χ2n) is 6.67. The molecular formula is C21H19N5O3. The average molecular weight is 389 g/mol. The van der Waals surface area contributed by atoms with Crippen molar-refractivity contribution < 1.29 is 14.0 Å². The first kappa shape index (κ1) is 18.4. The summed E-state index contributed by atoms with van der Waals surface area (Å²) in [4.78, 5) is 24.4. The van der Waals surface area contributed by atoms with Crippen LogP contribution in [0.15, 0.2) is 59.0 Å². The van der Waals surface area contributed by atoms with Crippen molar-refractivity contribution in [1.29, 1.82) is 0 Å². The molecule has 0 radical (unpaired) electrons. The summed E-state index contributed by atoms with van der Waals surface area (Å²) in [5, 5.41) is 8.30. The van der Waals surface area contributed by atoms with Gasteiger partial charge in [0.15, 0.2) is 0 Å². The van der Waals surface area contributed by atoms with E-state index in [4.69, 9.17) is 4.42 Å². The van der Waals surface area contributed by atoms with E-state index in [9.17, 15) is 9.59 Å². The van der Waals surface area contributed by atoms with Gasteiger partial charge in [0.2, 0.25) is 0 Å². The summed E-state index contributed by atoms with van der Waals surface area (Å²) in [5.74, 6) is 0.297. The van der Waals surface area contributed by atoms with Gasteiger partial charge in [-0.15, -0.1) is 5.10 Å². The molecule has 0 spiro atoms. The van der Waals surface area contributed by atoms with Crippen molar-refractivity contribution in [2.45, 2.75) is 20.4 Å². The first-order chi connectivity index (χ1) is 14.0. The van der Waals surface area contributed by atoms with E-state index in [0.29, 0.717) is 29.2 Å². The Morgan fingerprint density at radius 2 is 1.72 bits per heavy atom. The van der Waals surface area contributed by atoms with Crippen LogP contribution in [0.5, 0.6) is 0 Å². The van der Waals surface area contributed by atoms with Gasteiger partial charge in [-0.1, -0.05) is 29.5 Å². The van der Waals surface area contributed by atoms with Crippen LogP contribution < -0.4 is 10.9 Å². The van der Waals surface area contributed by atoms with Crippen LogP contribution in [-0.2, 0) is 6.54 Å². The number of para-hydroxylation sites is 1. The van der Waals surface area contributed by atoms with E-state index in [1.54, 1.807) is 36.7 Å². The first-order valence-electron chi connectivity index (χ1n) is 9.06. The number of aryl methyl sites for hydroxylation is 2. The Morgan fingerprint density at radius 1 is 1.00 bits per heavy atom. The summed E-state index contributed by atoms with van der Waals surface area (Å²) >= 11 is 0. The minimum atomic E-state index is -0.428. The quantitative estimate of drug-likeness (QED) is 0.523. The molecule has 2 amide bonds. The Kier molecular flexibility index (Phi) is 4.82. The molecule has 8 heteroatoms. The lowest BCUT2D eigenvalue weighted by atomic mass is 10.1. The van der Waals surface area contributed by atoms with Gasteiger partial charge in [0.1, 0.15) is 17.0 Å². The second-order valence-corrected chi connectivity index (χ2v) is 6.67. The number of carbonyl (C=O) groups excluding carboxylic acids is 2. The van der Waals surface area contributed by atoms with Crippen molar-refractivity contribution in [2.24, 2.45) is 0 Å². The highest BCUT2D eigenvalue weighted by atomic mass is 16.3. The lowest BCUT2D eigenvalue weighted by Crippen LogP contribution is -2.41. The number of nitrogens with zero attached hydrogens (tertiary/aromatic N) is 3. The molecule has 0 aliphatic rings. The van der Waals surface area contributed by atoms with Gasteiger partial charge in [-0.2, -0.15) is 0 Å². The third-order valence-corrected chi connectivity index (χ3v) is 4.54. The smallest absolute Gasteiger partial charge is 0.273 e. The van der Waals surface area contributed by atoms with Gasteiger partial charge < -0.3 is 4.42 Å². The lowest BCUT2D eigenvalue weighted by molar-refractivity contribution is 0.0845. The van der Waals surface area contributed by atoms with Gasteiger partial charge in [-0.3, -0.25) is 20.4 Å². The molecule has 0 saturated heterocycles. The first-order valence-corrected chi connectivity index (χ1v) is 9.06. The van der Waals surface area contributed by atoms with Gasteiger partial charge >= 0.3 is 0 Å². The third-order valence-electron chi connectivity index (χ3n) is 4.54. The predicted molar refractivity (Wildman–Crippen MR) is 106 cm³/mol. The van der Waals surface area contributed by atoms with Crippen molar-refractivity contribution in [2.75, 3.05) is 0 Å². The second kappa shape index (κ2) is 7.59. The van der Waals surface area contributed by atoms with Gasteiger partial charge in [0.25, 0.3) is 11.8 Å². The number of hydrogen-bond acceptors (Lipinski definition) is 5. The lowest BCUT2D eigenvalue weighted by Gasteiger charge is -2.08. The SMILES string of the molecule is Cc1cc(C(=O)NNC(=O)c2ccc(Cn3nnc4ccccc43)cc2)c(C)o1. The Hall–Kier alpha value is -3.94. The van der Waals surface area contributed by atoms with Crippen molar-refractivity contribution in [1.82, 2.24) is 25.8 Å². The number of rotatable bonds is 4. The van der Waals surface area contributed by atoms with E-state index >= 15 is 0 Å².